The first kappa shape index (κ1) is 17.3. The van der Waals surface area contributed by atoms with Crippen LogP contribution in [0, 0.1) is 13.8 Å². The lowest BCUT2D eigenvalue weighted by Gasteiger charge is -2.15. The molecule has 2 aromatic heterocycles. The second kappa shape index (κ2) is 5.97. The molecule has 0 aliphatic carbocycles. The van der Waals surface area contributed by atoms with Crippen molar-refractivity contribution in [1.82, 2.24) is 14.7 Å². The summed E-state index contributed by atoms with van der Waals surface area (Å²) in [6.07, 6.45) is -2.86. The third kappa shape index (κ3) is 2.79. The Hall–Kier alpha value is -3.09. The molecule has 7 heteroatoms. The molecular weight excluding hydrogens is 355 g/mol. The number of alkyl halides is 3. The number of rotatable bonds is 2. The Morgan fingerprint density at radius 2 is 1.78 bits per heavy atom. The van der Waals surface area contributed by atoms with E-state index in [1.807, 2.05) is 6.07 Å². The van der Waals surface area contributed by atoms with Gasteiger partial charge in [0, 0.05) is 18.2 Å². The zero-order valence-corrected chi connectivity index (χ0v) is 14.9. The van der Waals surface area contributed by atoms with Crippen LogP contribution in [0.4, 0.5) is 13.2 Å². The topological polar surface area (TPSA) is 43.9 Å². The maximum atomic E-state index is 13.6. The van der Waals surface area contributed by atoms with Gasteiger partial charge in [0.25, 0.3) is 0 Å². The minimum atomic E-state index is -4.46. The molecule has 2 aromatic carbocycles. The average molecular weight is 371 g/mol. The maximum absolute atomic E-state index is 13.6. The van der Waals surface area contributed by atoms with Gasteiger partial charge in [-0.05, 0) is 43.2 Å². The molecule has 4 rings (SSSR count). The lowest BCUT2D eigenvalue weighted by molar-refractivity contribution is -0.137. The molecule has 0 spiro atoms. The summed E-state index contributed by atoms with van der Waals surface area (Å²) < 4.78 is 47.8. The molecule has 0 atom stereocenters. The smallest absolute Gasteiger partial charge is 0.361 e. The van der Waals surface area contributed by atoms with E-state index in [1.54, 1.807) is 43.9 Å². The molecule has 27 heavy (non-hydrogen) atoms. The van der Waals surface area contributed by atoms with Gasteiger partial charge in [0.05, 0.1) is 28.6 Å². The average Bonchev–Trinajstić information content (AvgIpc) is 3.16. The Balaban J connectivity index is 2.09. The summed E-state index contributed by atoms with van der Waals surface area (Å²) >= 11 is 0. The predicted molar refractivity (Wildman–Crippen MR) is 96.1 cm³/mol. The largest absolute Gasteiger partial charge is 0.417 e. The van der Waals surface area contributed by atoms with Crippen molar-refractivity contribution in [3.8, 4) is 22.3 Å². The second-order valence-electron chi connectivity index (χ2n) is 6.49. The first-order valence-corrected chi connectivity index (χ1v) is 8.32. The summed E-state index contributed by atoms with van der Waals surface area (Å²) in [6, 6.07) is 9.19. The fraction of sp³-hybridized carbons (Fsp3) is 0.200. The minimum absolute atomic E-state index is 0.118. The molecule has 0 aliphatic heterocycles. The number of halogens is 3. The van der Waals surface area contributed by atoms with Crippen LogP contribution in [-0.2, 0) is 13.2 Å². The number of hydrogen-bond acceptors (Lipinski definition) is 3. The van der Waals surface area contributed by atoms with Crippen LogP contribution in [0.25, 0.3) is 33.3 Å². The number of nitrogens with zero attached hydrogens (tertiary/aromatic N) is 3. The monoisotopic (exact) mass is 371 g/mol. The van der Waals surface area contributed by atoms with E-state index in [4.69, 9.17) is 4.52 Å². The summed E-state index contributed by atoms with van der Waals surface area (Å²) in [5.41, 5.74) is 3.34. The van der Waals surface area contributed by atoms with E-state index < -0.39 is 11.7 Å². The Kier molecular flexibility index (Phi) is 3.83. The van der Waals surface area contributed by atoms with Gasteiger partial charge in [0.15, 0.2) is 0 Å². The summed E-state index contributed by atoms with van der Waals surface area (Å²) in [7, 11) is 1.77. The van der Waals surface area contributed by atoms with E-state index in [-0.39, 0.29) is 5.56 Å². The van der Waals surface area contributed by atoms with Gasteiger partial charge in [-0.15, -0.1) is 0 Å². The second-order valence-corrected chi connectivity index (χ2v) is 6.49. The lowest BCUT2D eigenvalue weighted by Crippen LogP contribution is -2.07. The quantitative estimate of drug-likeness (QED) is 0.465. The number of benzene rings is 2. The van der Waals surface area contributed by atoms with Crippen LogP contribution in [0.1, 0.15) is 17.0 Å². The normalized spacial score (nSPS) is 12.1. The highest BCUT2D eigenvalue weighted by Gasteiger charge is 2.34. The molecule has 0 aliphatic rings. The van der Waals surface area contributed by atoms with Crippen molar-refractivity contribution in [2.75, 3.05) is 0 Å². The van der Waals surface area contributed by atoms with Gasteiger partial charge in [-0.25, -0.2) is 4.98 Å². The standard InChI is InChI=1S/C20H16F3N3O/c1-11-18(12(2)27-25-11)13-8-15(19-17(9-13)24-10-26(19)3)14-6-4-5-7-16(14)20(21,22)23/h4-10H,1-3H3. The van der Waals surface area contributed by atoms with E-state index >= 15 is 0 Å². The molecule has 0 radical (unpaired) electrons. The third-order valence-electron chi connectivity index (χ3n) is 4.66. The van der Waals surface area contributed by atoms with Gasteiger partial charge >= 0.3 is 6.18 Å². The number of fused-ring (bicyclic) bond motifs is 1. The van der Waals surface area contributed by atoms with E-state index in [2.05, 4.69) is 10.1 Å². The number of imidazole rings is 1. The molecule has 0 N–H and O–H groups in total. The molecule has 0 amide bonds. The Labute approximate surface area is 153 Å². The van der Waals surface area contributed by atoms with Gasteiger partial charge in [0.1, 0.15) is 5.76 Å². The third-order valence-corrected chi connectivity index (χ3v) is 4.66. The molecule has 4 nitrogen and oxygen atoms in total. The van der Waals surface area contributed by atoms with Gasteiger partial charge < -0.3 is 9.09 Å². The fourth-order valence-electron chi connectivity index (χ4n) is 3.50. The van der Waals surface area contributed by atoms with Crippen molar-refractivity contribution < 1.29 is 17.7 Å². The Morgan fingerprint density at radius 1 is 1.04 bits per heavy atom. The fourth-order valence-corrected chi connectivity index (χ4v) is 3.50. The lowest BCUT2D eigenvalue weighted by atomic mass is 9.93. The molecule has 0 saturated heterocycles. The molecule has 0 saturated carbocycles. The van der Waals surface area contributed by atoms with E-state index in [0.29, 0.717) is 28.1 Å². The summed E-state index contributed by atoms with van der Waals surface area (Å²) in [5, 5.41) is 3.96. The van der Waals surface area contributed by atoms with Gasteiger partial charge in [0.2, 0.25) is 0 Å². The Morgan fingerprint density at radius 3 is 2.44 bits per heavy atom. The molecule has 2 heterocycles. The van der Waals surface area contributed by atoms with Crippen molar-refractivity contribution >= 4 is 11.0 Å². The van der Waals surface area contributed by atoms with Crippen molar-refractivity contribution in [2.45, 2.75) is 20.0 Å². The SMILES string of the molecule is Cc1noc(C)c1-c1cc(-c2ccccc2C(F)(F)F)c2c(c1)ncn2C. The highest BCUT2D eigenvalue weighted by atomic mass is 19.4. The van der Waals surface area contributed by atoms with Gasteiger partial charge in [-0.3, -0.25) is 0 Å². The van der Waals surface area contributed by atoms with Crippen molar-refractivity contribution in [1.29, 1.82) is 0 Å². The van der Waals surface area contributed by atoms with Gasteiger partial charge in [-0.1, -0.05) is 23.4 Å². The summed E-state index contributed by atoms with van der Waals surface area (Å²) in [6.45, 7) is 3.58. The van der Waals surface area contributed by atoms with Crippen LogP contribution in [0.15, 0.2) is 47.2 Å². The molecule has 0 bridgehead atoms. The molecule has 0 fully saturated rings. The van der Waals surface area contributed by atoms with Crippen LogP contribution >= 0.6 is 0 Å². The highest BCUT2D eigenvalue weighted by Crippen LogP contribution is 2.41. The summed E-state index contributed by atoms with van der Waals surface area (Å²) in [5.74, 6) is 0.609. The molecule has 4 aromatic rings. The van der Waals surface area contributed by atoms with Crippen LogP contribution in [0.5, 0.6) is 0 Å². The number of aromatic nitrogens is 3. The zero-order valence-electron chi connectivity index (χ0n) is 14.9. The van der Waals surface area contributed by atoms with Crippen molar-refractivity contribution in [3.63, 3.8) is 0 Å². The van der Waals surface area contributed by atoms with Crippen LogP contribution in [-0.4, -0.2) is 14.7 Å². The number of hydrogen-bond donors (Lipinski definition) is 0. The van der Waals surface area contributed by atoms with Crippen LogP contribution in [0.3, 0.4) is 0 Å². The highest BCUT2D eigenvalue weighted by molar-refractivity contribution is 5.97. The minimum Gasteiger partial charge on any atom is -0.361 e. The Bertz CT molecular complexity index is 1140. The first-order valence-electron chi connectivity index (χ1n) is 8.32. The van der Waals surface area contributed by atoms with E-state index in [9.17, 15) is 13.2 Å². The van der Waals surface area contributed by atoms with E-state index in [0.717, 1.165) is 17.2 Å². The molecule has 138 valence electrons. The van der Waals surface area contributed by atoms with Crippen LogP contribution in [0.2, 0.25) is 0 Å². The number of aryl methyl sites for hydroxylation is 3. The van der Waals surface area contributed by atoms with Crippen LogP contribution < -0.4 is 0 Å². The molecule has 0 unspecified atom stereocenters. The maximum Gasteiger partial charge on any atom is 0.417 e. The van der Waals surface area contributed by atoms with Gasteiger partial charge in [-0.2, -0.15) is 13.2 Å². The summed E-state index contributed by atoms with van der Waals surface area (Å²) in [4.78, 5) is 4.36. The molecular formula is C20H16F3N3O. The first-order chi connectivity index (χ1) is 12.8. The predicted octanol–water partition coefficient (Wildman–Crippen LogP) is 5.53. The van der Waals surface area contributed by atoms with Crippen molar-refractivity contribution in [2.24, 2.45) is 7.05 Å². The zero-order chi connectivity index (χ0) is 19.3. The van der Waals surface area contributed by atoms with Crippen molar-refractivity contribution in [3.05, 3.63) is 59.7 Å². The van der Waals surface area contributed by atoms with E-state index in [1.165, 1.54) is 12.1 Å².